The second-order valence-corrected chi connectivity index (χ2v) is 9.11. The molecule has 39 heavy (non-hydrogen) atoms. The topological polar surface area (TPSA) is 89.1 Å². The molecule has 2 aliphatic heterocycles. The van der Waals surface area contributed by atoms with Gasteiger partial charge < -0.3 is 29.3 Å². The maximum atomic E-state index is 13.9. The van der Waals surface area contributed by atoms with Crippen molar-refractivity contribution in [3.05, 3.63) is 84.3 Å². The Morgan fingerprint density at radius 3 is 2.62 bits per heavy atom. The van der Waals surface area contributed by atoms with Crippen molar-refractivity contribution in [1.29, 1.82) is 0 Å². The van der Waals surface area contributed by atoms with Crippen molar-refractivity contribution in [2.75, 3.05) is 50.3 Å². The zero-order valence-electron chi connectivity index (χ0n) is 21.3. The minimum absolute atomic E-state index is 0.157. The molecule has 0 aliphatic carbocycles. The van der Waals surface area contributed by atoms with Gasteiger partial charge in [-0.25, -0.2) is 14.4 Å². The second-order valence-electron chi connectivity index (χ2n) is 9.11. The van der Waals surface area contributed by atoms with Crippen molar-refractivity contribution in [1.82, 2.24) is 14.9 Å². The quantitative estimate of drug-likeness (QED) is 0.385. The van der Waals surface area contributed by atoms with E-state index in [2.05, 4.69) is 20.2 Å². The normalized spacial score (nSPS) is 14.3. The van der Waals surface area contributed by atoms with Crippen molar-refractivity contribution < 1.29 is 23.4 Å². The zero-order chi connectivity index (χ0) is 26.8. The molecule has 1 saturated heterocycles. The number of carbonyl (C=O) groups is 1. The molecular formula is C29H26FN5O4. The Bertz CT molecular complexity index is 1520. The molecule has 1 N–H and O–H groups in total. The van der Waals surface area contributed by atoms with Gasteiger partial charge in [-0.2, -0.15) is 0 Å². The Morgan fingerprint density at radius 1 is 0.974 bits per heavy atom. The first-order valence-corrected chi connectivity index (χ1v) is 12.6. The molecule has 10 heteroatoms. The molecule has 0 bridgehead atoms. The van der Waals surface area contributed by atoms with Crippen LogP contribution < -0.4 is 24.4 Å². The lowest BCUT2D eigenvalue weighted by atomic mass is 10.1. The van der Waals surface area contributed by atoms with E-state index in [4.69, 9.17) is 14.2 Å². The van der Waals surface area contributed by atoms with Crippen LogP contribution in [0.4, 0.5) is 21.6 Å². The Morgan fingerprint density at radius 2 is 1.79 bits per heavy atom. The molecule has 3 aromatic carbocycles. The second kappa shape index (κ2) is 10.5. The Balaban J connectivity index is 1.27. The summed E-state index contributed by atoms with van der Waals surface area (Å²) in [6.07, 6.45) is 1.52. The van der Waals surface area contributed by atoms with E-state index in [0.29, 0.717) is 66.1 Å². The van der Waals surface area contributed by atoms with Crippen molar-refractivity contribution in [3.8, 4) is 28.6 Å². The van der Waals surface area contributed by atoms with Crippen LogP contribution in [0.1, 0.15) is 10.4 Å². The van der Waals surface area contributed by atoms with Gasteiger partial charge in [0.25, 0.3) is 5.91 Å². The van der Waals surface area contributed by atoms with Crippen molar-refractivity contribution in [2.45, 2.75) is 0 Å². The third-order valence-electron chi connectivity index (χ3n) is 6.73. The van der Waals surface area contributed by atoms with Gasteiger partial charge in [0.2, 0.25) is 6.79 Å². The number of amides is 1. The Hall–Kier alpha value is -4.86. The Labute approximate surface area is 224 Å². The fourth-order valence-corrected chi connectivity index (χ4v) is 4.72. The minimum Gasteiger partial charge on any atom is -0.495 e. The van der Waals surface area contributed by atoms with Gasteiger partial charge in [0.15, 0.2) is 17.3 Å². The van der Waals surface area contributed by atoms with Gasteiger partial charge >= 0.3 is 0 Å². The summed E-state index contributed by atoms with van der Waals surface area (Å²) in [7, 11) is 1.65. The summed E-state index contributed by atoms with van der Waals surface area (Å²) >= 11 is 0. The number of rotatable bonds is 6. The summed E-state index contributed by atoms with van der Waals surface area (Å²) in [5.41, 5.74) is 2.47. The van der Waals surface area contributed by atoms with E-state index in [1.807, 2.05) is 30.3 Å². The molecule has 9 nitrogen and oxygen atoms in total. The van der Waals surface area contributed by atoms with E-state index >= 15 is 0 Å². The highest BCUT2D eigenvalue weighted by atomic mass is 19.1. The van der Waals surface area contributed by atoms with Crippen LogP contribution in [0.25, 0.3) is 11.4 Å². The molecule has 0 radical (unpaired) electrons. The summed E-state index contributed by atoms with van der Waals surface area (Å²) < 4.78 is 30.3. The minimum atomic E-state index is -0.398. The number of nitrogens with one attached hydrogen (secondary N) is 1. The number of anilines is 3. The summed E-state index contributed by atoms with van der Waals surface area (Å²) in [6.45, 7) is 2.48. The molecule has 1 amide bonds. The van der Waals surface area contributed by atoms with Crippen LogP contribution in [0.15, 0.2) is 72.9 Å². The van der Waals surface area contributed by atoms with E-state index in [-0.39, 0.29) is 12.7 Å². The number of fused-ring (bicyclic) bond motifs is 1. The molecule has 0 saturated carbocycles. The van der Waals surface area contributed by atoms with Crippen LogP contribution in [-0.4, -0.2) is 60.9 Å². The maximum Gasteiger partial charge on any atom is 0.259 e. The third-order valence-corrected chi connectivity index (χ3v) is 6.73. The molecule has 2 aliphatic rings. The van der Waals surface area contributed by atoms with Crippen molar-refractivity contribution >= 4 is 23.1 Å². The zero-order valence-corrected chi connectivity index (χ0v) is 21.3. The molecular weight excluding hydrogens is 501 g/mol. The Kier molecular flexibility index (Phi) is 6.58. The van der Waals surface area contributed by atoms with Crippen molar-refractivity contribution in [3.63, 3.8) is 0 Å². The first-order valence-electron chi connectivity index (χ1n) is 12.6. The first kappa shape index (κ1) is 24.5. The van der Waals surface area contributed by atoms with Gasteiger partial charge in [-0.1, -0.05) is 18.2 Å². The van der Waals surface area contributed by atoms with Crippen LogP contribution in [0.5, 0.6) is 17.2 Å². The SMILES string of the molecule is COc1ccccc1N1CCN(C(=O)c2cnc(-c3ccc4c(c3)OCO4)nc2Nc2cccc(F)c2)CC1. The van der Waals surface area contributed by atoms with Crippen molar-refractivity contribution in [2.24, 2.45) is 0 Å². The summed E-state index contributed by atoms with van der Waals surface area (Å²) in [6, 6.07) is 19.3. The molecule has 4 aromatic rings. The van der Waals surface area contributed by atoms with Gasteiger partial charge in [0.05, 0.1) is 12.8 Å². The van der Waals surface area contributed by atoms with E-state index in [9.17, 15) is 9.18 Å². The van der Waals surface area contributed by atoms with Gasteiger partial charge in [-0.15, -0.1) is 0 Å². The third kappa shape index (κ3) is 5.00. The lowest BCUT2D eigenvalue weighted by molar-refractivity contribution is 0.0747. The van der Waals surface area contributed by atoms with Gasteiger partial charge in [-0.05, 0) is 48.5 Å². The fourth-order valence-electron chi connectivity index (χ4n) is 4.72. The largest absolute Gasteiger partial charge is 0.495 e. The predicted molar refractivity (Wildman–Crippen MR) is 144 cm³/mol. The van der Waals surface area contributed by atoms with E-state index in [1.54, 1.807) is 36.3 Å². The number of carbonyl (C=O) groups excluding carboxylic acids is 1. The number of benzene rings is 3. The van der Waals surface area contributed by atoms with E-state index in [0.717, 1.165) is 11.4 Å². The van der Waals surface area contributed by atoms with E-state index < -0.39 is 5.82 Å². The maximum absolute atomic E-state index is 13.9. The number of hydrogen-bond donors (Lipinski definition) is 1. The smallest absolute Gasteiger partial charge is 0.259 e. The highest BCUT2D eigenvalue weighted by Crippen LogP contribution is 2.36. The molecule has 1 aromatic heterocycles. The standard InChI is InChI=1S/C29H26FN5O4/c1-37-24-8-3-2-7-23(24)34-11-13-35(14-12-34)29(36)22-17-31-27(19-9-10-25-26(15-19)39-18-38-25)33-28(22)32-21-6-4-5-20(30)16-21/h2-10,15-17H,11-14,18H2,1H3,(H,31,32,33). The number of ether oxygens (including phenoxy) is 3. The summed E-state index contributed by atoms with van der Waals surface area (Å²) in [5, 5.41) is 3.12. The van der Waals surface area contributed by atoms with Crippen LogP contribution in [0.2, 0.25) is 0 Å². The number of para-hydroxylation sites is 2. The highest BCUT2D eigenvalue weighted by molar-refractivity contribution is 5.99. The molecule has 0 unspecified atom stereocenters. The van der Waals surface area contributed by atoms with E-state index in [1.165, 1.54) is 18.3 Å². The molecule has 1 fully saturated rings. The van der Waals surface area contributed by atoms with Gasteiger partial charge in [0.1, 0.15) is 22.9 Å². The molecule has 3 heterocycles. The highest BCUT2D eigenvalue weighted by Gasteiger charge is 2.27. The van der Waals surface area contributed by atoms with Crippen LogP contribution >= 0.6 is 0 Å². The number of aromatic nitrogens is 2. The van der Waals surface area contributed by atoms with Crippen LogP contribution in [-0.2, 0) is 0 Å². The average molecular weight is 528 g/mol. The lowest BCUT2D eigenvalue weighted by Gasteiger charge is -2.36. The molecule has 0 atom stereocenters. The summed E-state index contributed by atoms with van der Waals surface area (Å²) in [4.78, 5) is 26.9. The average Bonchev–Trinajstić information content (AvgIpc) is 3.45. The monoisotopic (exact) mass is 527 g/mol. The fraction of sp³-hybridized carbons (Fsp3) is 0.207. The van der Waals surface area contributed by atoms with Crippen LogP contribution in [0, 0.1) is 5.82 Å². The number of piperazine rings is 1. The summed E-state index contributed by atoms with van der Waals surface area (Å²) in [5.74, 6) is 2.13. The predicted octanol–water partition coefficient (Wildman–Crippen LogP) is 4.73. The number of hydrogen-bond acceptors (Lipinski definition) is 8. The number of halogens is 1. The van der Waals surface area contributed by atoms with Crippen LogP contribution in [0.3, 0.4) is 0 Å². The first-order chi connectivity index (χ1) is 19.1. The number of nitrogens with zero attached hydrogens (tertiary/aromatic N) is 4. The van der Waals surface area contributed by atoms with Gasteiger partial charge in [0, 0.05) is 43.6 Å². The number of methoxy groups -OCH3 is 1. The molecule has 0 spiro atoms. The molecule has 6 rings (SSSR count). The lowest BCUT2D eigenvalue weighted by Crippen LogP contribution is -2.49. The molecule has 198 valence electrons. The van der Waals surface area contributed by atoms with Gasteiger partial charge in [-0.3, -0.25) is 4.79 Å².